The van der Waals surface area contributed by atoms with Crippen LogP contribution in [0.2, 0.25) is 0 Å². The Morgan fingerprint density at radius 2 is 2.00 bits per heavy atom. The molecular formula is C12H16BrNO5. The molecule has 0 atom stereocenters. The first kappa shape index (κ1) is 15.9. The van der Waals surface area contributed by atoms with Gasteiger partial charge in [0.25, 0.3) is 5.69 Å². The lowest BCUT2D eigenvalue weighted by Gasteiger charge is -2.10. The molecule has 19 heavy (non-hydrogen) atoms. The predicted octanol–water partition coefficient (Wildman–Crippen LogP) is 2.53. The summed E-state index contributed by atoms with van der Waals surface area (Å²) in [6, 6.07) is 4.52. The lowest BCUT2D eigenvalue weighted by Crippen LogP contribution is -2.10. The fourth-order valence-electron chi connectivity index (χ4n) is 1.38. The quantitative estimate of drug-likeness (QED) is 0.300. The van der Waals surface area contributed by atoms with Crippen LogP contribution in [0.3, 0.4) is 0 Å². The molecule has 0 aliphatic rings. The van der Waals surface area contributed by atoms with Crippen LogP contribution >= 0.6 is 15.9 Å². The lowest BCUT2D eigenvalue weighted by atomic mass is 10.2. The highest BCUT2D eigenvalue weighted by atomic mass is 79.9. The summed E-state index contributed by atoms with van der Waals surface area (Å²) < 4.78 is 15.6. The number of methoxy groups -OCH3 is 1. The average Bonchev–Trinajstić information content (AvgIpc) is 2.42. The minimum atomic E-state index is -0.427. The number of ether oxygens (including phenoxy) is 3. The average molecular weight is 334 g/mol. The Hall–Kier alpha value is -1.18. The normalized spacial score (nSPS) is 10.4. The second-order valence-corrected chi connectivity index (χ2v) is 4.20. The smallest absolute Gasteiger partial charge is 0.270 e. The predicted molar refractivity (Wildman–Crippen MR) is 73.9 cm³/mol. The van der Waals surface area contributed by atoms with Gasteiger partial charge in [0.05, 0.1) is 24.7 Å². The van der Waals surface area contributed by atoms with Gasteiger partial charge in [0.2, 0.25) is 0 Å². The van der Waals surface area contributed by atoms with E-state index in [1.165, 1.54) is 12.1 Å². The zero-order chi connectivity index (χ0) is 14.1. The van der Waals surface area contributed by atoms with Crippen LogP contribution in [-0.2, 0) is 14.8 Å². The fourth-order valence-corrected chi connectivity index (χ4v) is 1.82. The molecule has 0 aromatic heterocycles. The van der Waals surface area contributed by atoms with Gasteiger partial charge in [-0.3, -0.25) is 10.1 Å². The second kappa shape index (κ2) is 8.84. The third-order valence-corrected chi connectivity index (χ3v) is 2.92. The van der Waals surface area contributed by atoms with Crippen molar-refractivity contribution < 1.29 is 19.1 Å². The van der Waals surface area contributed by atoms with Gasteiger partial charge in [-0.2, -0.15) is 0 Å². The van der Waals surface area contributed by atoms with Gasteiger partial charge in [0.15, 0.2) is 0 Å². The molecule has 0 unspecified atom stereocenters. The molecule has 0 spiro atoms. The summed E-state index contributed by atoms with van der Waals surface area (Å²) in [5.74, 6) is 0.623. The van der Waals surface area contributed by atoms with Crippen LogP contribution in [0.1, 0.15) is 5.56 Å². The molecule has 0 amide bonds. The Morgan fingerprint density at radius 3 is 2.63 bits per heavy atom. The minimum absolute atomic E-state index is 0.0538. The zero-order valence-corrected chi connectivity index (χ0v) is 12.2. The number of rotatable bonds is 9. The van der Waals surface area contributed by atoms with Crippen molar-refractivity contribution in [3.8, 4) is 5.75 Å². The largest absolute Gasteiger partial charge is 0.491 e. The molecule has 0 heterocycles. The summed E-state index contributed by atoms with van der Waals surface area (Å²) in [5, 5.41) is 11.2. The SMILES string of the molecule is COCCOCCOc1ccc([N+](=O)[O-])cc1CBr. The molecule has 0 bridgehead atoms. The topological polar surface area (TPSA) is 70.8 Å². The summed E-state index contributed by atoms with van der Waals surface area (Å²) in [5.41, 5.74) is 0.796. The number of nitro benzene ring substituents is 1. The van der Waals surface area contributed by atoms with Crippen LogP contribution < -0.4 is 4.74 Å². The second-order valence-electron chi connectivity index (χ2n) is 3.64. The fraction of sp³-hybridized carbons (Fsp3) is 0.500. The number of hydrogen-bond donors (Lipinski definition) is 0. The first-order chi connectivity index (χ1) is 9.19. The molecule has 106 valence electrons. The van der Waals surface area contributed by atoms with Crippen molar-refractivity contribution in [3.63, 3.8) is 0 Å². The van der Waals surface area contributed by atoms with Crippen molar-refractivity contribution in [2.45, 2.75) is 5.33 Å². The number of nitrogens with zero attached hydrogens (tertiary/aromatic N) is 1. The van der Waals surface area contributed by atoms with Gasteiger partial charge in [-0.25, -0.2) is 0 Å². The molecule has 0 saturated carbocycles. The Balaban J connectivity index is 2.47. The zero-order valence-electron chi connectivity index (χ0n) is 10.6. The molecular weight excluding hydrogens is 318 g/mol. The molecule has 0 aliphatic carbocycles. The summed E-state index contributed by atoms with van der Waals surface area (Å²) >= 11 is 3.28. The third kappa shape index (κ3) is 5.54. The number of benzene rings is 1. The molecule has 7 heteroatoms. The molecule has 0 aliphatic heterocycles. The van der Waals surface area contributed by atoms with Gasteiger partial charge in [-0.15, -0.1) is 0 Å². The van der Waals surface area contributed by atoms with Gasteiger partial charge in [0, 0.05) is 30.1 Å². The standard InChI is InChI=1S/C12H16BrNO5/c1-17-4-5-18-6-7-19-12-3-2-11(14(15)16)8-10(12)9-13/h2-3,8H,4-7,9H2,1H3. The van der Waals surface area contributed by atoms with E-state index < -0.39 is 4.92 Å². The molecule has 0 saturated heterocycles. The molecule has 6 nitrogen and oxygen atoms in total. The molecule has 1 aromatic carbocycles. The monoisotopic (exact) mass is 333 g/mol. The van der Waals surface area contributed by atoms with Gasteiger partial charge >= 0.3 is 0 Å². The van der Waals surface area contributed by atoms with E-state index in [0.29, 0.717) is 37.5 Å². The maximum atomic E-state index is 10.7. The highest BCUT2D eigenvalue weighted by Gasteiger charge is 2.10. The third-order valence-electron chi connectivity index (χ3n) is 2.32. The maximum Gasteiger partial charge on any atom is 0.270 e. The van der Waals surface area contributed by atoms with E-state index in [-0.39, 0.29) is 5.69 Å². The molecule has 1 aromatic rings. The first-order valence-electron chi connectivity index (χ1n) is 5.71. The van der Waals surface area contributed by atoms with Crippen molar-refractivity contribution in [2.75, 3.05) is 33.5 Å². The van der Waals surface area contributed by atoms with E-state index in [2.05, 4.69) is 15.9 Å². The van der Waals surface area contributed by atoms with Crippen LogP contribution in [0.15, 0.2) is 18.2 Å². The van der Waals surface area contributed by atoms with Crippen molar-refractivity contribution in [1.29, 1.82) is 0 Å². The van der Waals surface area contributed by atoms with Crippen LogP contribution in [0.4, 0.5) is 5.69 Å². The summed E-state index contributed by atoms with van der Waals surface area (Å²) in [6.07, 6.45) is 0. The summed E-state index contributed by atoms with van der Waals surface area (Å²) in [4.78, 5) is 10.2. The van der Waals surface area contributed by atoms with Crippen molar-refractivity contribution >= 4 is 21.6 Å². The highest BCUT2D eigenvalue weighted by Crippen LogP contribution is 2.26. The van der Waals surface area contributed by atoms with Crippen LogP contribution in [0.5, 0.6) is 5.75 Å². The Bertz CT molecular complexity index is 413. The van der Waals surface area contributed by atoms with Gasteiger partial charge in [-0.1, -0.05) is 15.9 Å². The van der Waals surface area contributed by atoms with Crippen LogP contribution in [0, 0.1) is 10.1 Å². The van der Waals surface area contributed by atoms with Gasteiger partial charge in [-0.05, 0) is 6.07 Å². The molecule has 1 rings (SSSR count). The van der Waals surface area contributed by atoms with Gasteiger partial charge in [0.1, 0.15) is 12.4 Å². The Kier molecular flexibility index (Phi) is 7.39. The Labute approximate surface area is 119 Å². The molecule has 0 N–H and O–H groups in total. The van der Waals surface area contributed by atoms with Crippen molar-refractivity contribution in [2.24, 2.45) is 0 Å². The van der Waals surface area contributed by atoms with E-state index in [1.54, 1.807) is 13.2 Å². The number of hydrogen-bond acceptors (Lipinski definition) is 5. The number of nitro groups is 1. The number of alkyl halides is 1. The van der Waals surface area contributed by atoms with E-state index in [0.717, 1.165) is 5.56 Å². The van der Waals surface area contributed by atoms with Gasteiger partial charge < -0.3 is 14.2 Å². The number of non-ortho nitro benzene ring substituents is 1. The number of halogens is 1. The first-order valence-corrected chi connectivity index (χ1v) is 6.84. The van der Waals surface area contributed by atoms with Crippen molar-refractivity contribution in [3.05, 3.63) is 33.9 Å². The van der Waals surface area contributed by atoms with E-state index in [4.69, 9.17) is 14.2 Å². The maximum absolute atomic E-state index is 10.7. The van der Waals surface area contributed by atoms with E-state index >= 15 is 0 Å². The van der Waals surface area contributed by atoms with Crippen LogP contribution in [0.25, 0.3) is 0 Å². The van der Waals surface area contributed by atoms with E-state index in [9.17, 15) is 10.1 Å². The van der Waals surface area contributed by atoms with Crippen LogP contribution in [-0.4, -0.2) is 38.5 Å². The summed E-state index contributed by atoms with van der Waals surface area (Å²) in [7, 11) is 1.61. The van der Waals surface area contributed by atoms with Crippen molar-refractivity contribution in [1.82, 2.24) is 0 Å². The molecule has 0 radical (unpaired) electrons. The highest BCUT2D eigenvalue weighted by molar-refractivity contribution is 9.08. The van der Waals surface area contributed by atoms with E-state index in [1.807, 2.05) is 0 Å². The summed E-state index contributed by atoms with van der Waals surface area (Å²) in [6.45, 7) is 1.90. The minimum Gasteiger partial charge on any atom is -0.491 e. The Morgan fingerprint density at radius 1 is 1.26 bits per heavy atom. The molecule has 0 fully saturated rings. The lowest BCUT2D eigenvalue weighted by molar-refractivity contribution is -0.384.